The molecule has 0 saturated carbocycles. The molecule has 3 aromatic heterocycles. The van der Waals surface area contributed by atoms with E-state index in [1.807, 2.05) is 29.7 Å². The fourth-order valence-corrected chi connectivity index (χ4v) is 4.83. The van der Waals surface area contributed by atoms with Gasteiger partial charge in [0, 0.05) is 36.8 Å². The second-order valence-corrected chi connectivity index (χ2v) is 7.81. The summed E-state index contributed by atoms with van der Waals surface area (Å²) >= 11 is 1.86. The van der Waals surface area contributed by atoms with Crippen molar-refractivity contribution in [3.63, 3.8) is 0 Å². The van der Waals surface area contributed by atoms with Gasteiger partial charge in [0.05, 0.1) is 5.39 Å². The molecule has 0 spiro atoms. The van der Waals surface area contributed by atoms with Crippen molar-refractivity contribution in [2.45, 2.75) is 32.6 Å². The first-order valence-corrected chi connectivity index (χ1v) is 9.40. The van der Waals surface area contributed by atoms with Gasteiger partial charge in [-0.05, 0) is 42.9 Å². The van der Waals surface area contributed by atoms with Gasteiger partial charge in [0.15, 0.2) is 0 Å². The summed E-state index contributed by atoms with van der Waals surface area (Å²) in [6.45, 7) is 3.25. The molecule has 0 radical (unpaired) electrons. The molecule has 0 N–H and O–H groups in total. The molecule has 1 atom stereocenters. The van der Waals surface area contributed by atoms with Crippen molar-refractivity contribution < 1.29 is 0 Å². The fraction of sp³-hybridized carbons (Fsp3) is 0.421. The van der Waals surface area contributed by atoms with E-state index in [9.17, 15) is 0 Å². The van der Waals surface area contributed by atoms with Gasteiger partial charge in [-0.25, -0.2) is 9.97 Å². The molecule has 0 aromatic carbocycles. The number of aromatic nitrogens is 3. The summed E-state index contributed by atoms with van der Waals surface area (Å²) in [4.78, 5) is 18.5. The quantitative estimate of drug-likeness (QED) is 0.724. The Bertz CT molecular complexity index is 843. The van der Waals surface area contributed by atoms with Gasteiger partial charge in [0.25, 0.3) is 0 Å². The highest BCUT2D eigenvalue weighted by molar-refractivity contribution is 7.19. The number of hydrogen-bond acceptors (Lipinski definition) is 5. The Morgan fingerprint density at radius 1 is 1.25 bits per heavy atom. The van der Waals surface area contributed by atoms with Crippen LogP contribution in [0.4, 0.5) is 5.82 Å². The number of rotatable bonds is 4. The monoisotopic (exact) mass is 338 g/mol. The van der Waals surface area contributed by atoms with Crippen molar-refractivity contribution in [1.29, 1.82) is 0 Å². The lowest BCUT2D eigenvalue weighted by molar-refractivity contribution is 0.509. The number of aryl methyl sites for hydroxylation is 1. The Labute approximate surface area is 146 Å². The summed E-state index contributed by atoms with van der Waals surface area (Å²) in [7, 11) is 2.13. The van der Waals surface area contributed by atoms with Crippen LogP contribution in [0.15, 0.2) is 30.7 Å². The first-order valence-electron chi connectivity index (χ1n) is 8.58. The Balaban J connectivity index is 1.64. The Hall–Kier alpha value is -2.01. The van der Waals surface area contributed by atoms with Crippen molar-refractivity contribution in [2.75, 3.05) is 18.5 Å². The number of anilines is 1. The van der Waals surface area contributed by atoms with Crippen LogP contribution in [0.2, 0.25) is 0 Å². The van der Waals surface area contributed by atoms with Crippen LogP contribution in [0.1, 0.15) is 29.5 Å². The third-order valence-electron chi connectivity index (χ3n) is 4.86. The lowest BCUT2D eigenvalue weighted by atomic mass is 9.89. The fourth-order valence-electron chi connectivity index (χ4n) is 3.48. The molecule has 4 rings (SSSR count). The second kappa shape index (κ2) is 6.48. The molecule has 5 heteroatoms. The SMILES string of the molecule is CC1CCc2c(sc3ncnc(N(C)CCc4ccccn4)c23)C1. The number of nitrogens with zero attached hydrogens (tertiary/aromatic N) is 4. The molecule has 3 aromatic rings. The Morgan fingerprint density at radius 3 is 3.00 bits per heavy atom. The number of likely N-dealkylation sites (N-methyl/N-ethyl adjacent to an activating group) is 1. The molecule has 0 amide bonds. The van der Waals surface area contributed by atoms with Crippen molar-refractivity contribution >= 4 is 27.4 Å². The maximum Gasteiger partial charge on any atom is 0.140 e. The van der Waals surface area contributed by atoms with E-state index in [-0.39, 0.29) is 0 Å². The molecular weight excluding hydrogens is 316 g/mol. The molecule has 0 aliphatic heterocycles. The Kier molecular flexibility index (Phi) is 4.19. The smallest absolute Gasteiger partial charge is 0.140 e. The van der Waals surface area contributed by atoms with Gasteiger partial charge >= 0.3 is 0 Å². The van der Waals surface area contributed by atoms with E-state index >= 15 is 0 Å². The largest absolute Gasteiger partial charge is 0.359 e. The third-order valence-corrected chi connectivity index (χ3v) is 6.03. The molecule has 24 heavy (non-hydrogen) atoms. The standard InChI is InChI=1S/C19H22N4S/c1-13-6-7-15-16(11-13)24-19-17(15)18(21-12-22-19)23(2)10-8-14-5-3-4-9-20-14/h3-5,9,12-13H,6-8,10-11H2,1-2H3. The van der Waals surface area contributed by atoms with E-state index in [0.717, 1.165) is 41.6 Å². The highest BCUT2D eigenvalue weighted by atomic mass is 32.1. The minimum absolute atomic E-state index is 0.781. The van der Waals surface area contributed by atoms with Crippen LogP contribution in [-0.2, 0) is 19.3 Å². The summed E-state index contributed by atoms with van der Waals surface area (Å²) in [5.41, 5.74) is 2.62. The zero-order chi connectivity index (χ0) is 16.5. The summed E-state index contributed by atoms with van der Waals surface area (Å²) in [5, 5.41) is 1.29. The van der Waals surface area contributed by atoms with E-state index in [2.05, 4.69) is 39.9 Å². The van der Waals surface area contributed by atoms with Gasteiger partial charge in [-0.3, -0.25) is 4.98 Å². The Morgan fingerprint density at radius 2 is 2.17 bits per heavy atom. The highest BCUT2D eigenvalue weighted by Gasteiger charge is 2.24. The number of fused-ring (bicyclic) bond motifs is 3. The van der Waals surface area contributed by atoms with Gasteiger partial charge in [-0.15, -0.1) is 11.3 Å². The minimum Gasteiger partial charge on any atom is -0.359 e. The zero-order valence-electron chi connectivity index (χ0n) is 14.2. The number of hydrogen-bond donors (Lipinski definition) is 0. The molecule has 4 nitrogen and oxygen atoms in total. The van der Waals surface area contributed by atoms with Crippen LogP contribution in [0.5, 0.6) is 0 Å². The first kappa shape index (κ1) is 15.5. The molecule has 1 aliphatic rings. The third kappa shape index (κ3) is 2.88. The summed E-state index contributed by atoms with van der Waals surface area (Å²) < 4.78 is 0. The summed E-state index contributed by atoms with van der Waals surface area (Å²) in [6, 6.07) is 6.08. The molecular formula is C19H22N4S. The molecule has 0 bridgehead atoms. The molecule has 1 aliphatic carbocycles. The van der Waals surface area contributed by atoms with Crippen molar-refractivity contribution in [1.82, 2.24) is 15.0 Å². The first-order chi connectivity index (χ1) is 11.7. The lowest BCUT2D eigenvalue weighted by Crippen LogP contribution is -2.22. The topological polar surface area (TPSA) is 41.9 Å². The van der Waals surface area contributed by atoms with Gasteiger partial charge < -0.3 is 4.90 Å². The normalized spacial score (nSPS) is 17.0. The van der Waals surface area contributed by atoms with Crippen molar-refractivity contribution in [3.8, 4) is 0 Å². The van der Waals surface area contributed by atoms with E-state index in [1.54, 1.807) is 6.33 Å². The van der Waals surface area contributed by atoms with Crippen molar-refractivity contribution in [2.24, 2.45) is 5.92 Å². The predicted octanol–water partition coefficient (Wildman–Crippen LogP) is 3.89. The average molecular weight is 338 g/mol. The lowest BCUT2D eigenvalue weighted by Gasteiger charge is -2.21. The van der Waals surface area contributed by atoms with Gasteiger partial charge in [0.2, 0.25) is 0 Å². The molecule has 0 fully saturated rings. The van der Waals surface area contributed by atoms with E-state index in [0.29, 0.717) is 0 Å². The number of thiophene rings is 1. The van der Waals surface area contributed by atoms with Crippen molar-refractivity contribution in [3.05, 3.63) is 46.9 Å². The molecule has 124 valence electrons. The maximum absolute atomic E-state index is 4.62. The zero-order valence-corrected chi connectivity index (χ0v) is 15.0. The van der Waals surface area contributed by atoms with Crippen LogP contribution < -0.4 is 4.90 Å². The number of pyridine rings is 1. The summed E-state index contributed by atoms with van der Waals surface area (Å²) in [5.74, 6) is 1.85. The van der Waals surface area contributed by atoms with E-state index < -0.39 is 0 Å². The second-order valence-electron chi connectivity index (χ2n) is 6.72. The maximum atomic E-state index is 4.62. The van der Waals surface area contributed by atoms with E-state index in [4.69, 9.17) is 0 Å². The molecule has 1 unspecified atom stereocenters. The van der Waals surface area contributed by atoms with Crippen LogP contribution >= 0.6 is 11.3 Å². The minimum atomic E-state index is 0.781. The van der Waals surface area contributed by atoms with E-state index in [1.165, 1.54) is 28.7 Å². The highest BCUT2D eigenvalue weighted by Crippen LogP contribution is 2.40. The molecule has 0 saturated heterocycles. The van der Waals surface area contributed by atoms with Gasteiger partial charge in [-0.1, -0.05) is 13.0 Å². The molecule has 3 heterocycles. The average Bonchev–Trinajstić information content (AvgIpc) is 2.98. The van der Waals surface area contributed by atoms with Crippen LogP contribution in [0.25, 0.3) is 10.2 Å². The van der Waals surface area contributed by atoms with Crippen LogP contribution in [0.3, 0.4) is 0 Å². The van der Waals surface area contributed by atoms with Gasteiger partial charge in [-0.2, -0.15) is 0 Å². The predicted molar refractivity (Wildman–Crippen MR) is 99.8 cm³/mol. The van der Waals surface area contributed by atoms with Crippen LogP contribution in [0, 0.1) is 5.92 Å². The van der Waals surface area contributed by atoms with Gasteiger partial charge in [0.1, 0.15) is 17.0 Å². The van der Waals surface area contributed by atoms with Crippen LogP contribution in [-0.4, -0.2) is 28.5 Å². The summed E-state index contributed by atoms with van der Waals surface area (Å²) in [6.07, 6.45) is 8.10.